The minimum absolute atomic E-state index is 0.123. The first-order chi connectivity index (χ1) is 16.5. The van der Waals surface area contributed by atoms with Crippen molar-refractivity contribution < 1.29 is 13.2 Å². The molecule has 1 aromatic heterocycles. The van der Waals surface area contributed by atoms with Crippen molar-refractivity contribution in [1.29, 1.82) is 0 Å². The van der Waals surface area contributed by atoms with Gasteiger partial charge in [0.2, 0.25) is 10.0 Å². The van der Waals surface area contributed by atoms with E-state index in [-0.39, 0.29) is 10.5 Å². The second kappa shape index (κ2) is 9.23. The Balaban J connectivity index is 1.47. The Morgan fingerprint density at radius 1 is 0.941 bits per heavy atom. The highest BCUT2D eigenvalue weighted by atomic mass is 32.2. The Morgan fingerprint density at radius 3 is 2.35 bits per heavy atom. The number of benzene rings is 2. The molecule has 0 radical (unpaired) electrons. The van der Waals surface area contributed by atoms with Gasteiger partial charge in [0.25, 0.3) is 5.56 Å². The smallest absolute Gasteiger partial charge is 0.267 e. The summed E-state index contributed by atoms with van der Waals surface area (Å²) in [6, 6.07) is 15.1. The lowest BCUT2D eigenvalue weighted by Crippen LogP contribution is -2.48. The first-order valence-electron chi connectivity index (χ1n) is 11.6. The maximum absolute atomic E-state index is 13.7. The summed E-state index contributed by atoms with van der Waals surface area (Å²) in [5.41, 5.74) is 3.91. The molecule has 1 aliphatic carbocycles. The number of methoxy groups -OCH3 is 1. The van der Waals surface area contributed by atoms with Crippen LogP contribution >= 0.6 is 0 Å². The molecule has 34 heavy (non-hydrogen) atoms. The van der Waals surface area contributed by atoms with Gasteiger partial charge < -0.3 is 9.64 Å². The van der Waals surface area contributed by atoms with Crippen LogP contribution < -0.4 is 15.2 Å². The normalized spacial score (nSPS) is 16.8. The molecule has 9 heteroatoms. The molecule has 178 valence electrons. The summed E-state index contributed by atoms with van der Waals surface area (Å²) in [4.78, 5) is 14.6. The maximum atomic E-state index is 13.7. The van der Waals surface area contributed by atoms with E-state index in [0.717, 1.165) is 36.1 Å². The number of aromatic amines is 1. The van der Waals surface area contributed by atoms with Gasteiger partial charge in [-0.05, 0) is 61.6 Å². The van der Waals surface area contributed by atoms with Crippen LogP contribution in [-0.4, -0.2) is 56.2 Å². The van der Waals surface area contributed by atoms with Gasteiger partial charge in [0, 0.05) is 43.0 Å². The van der Waals surface area contributed by atoms with E-state index in [1.807, 2.05) is 30.3 Å². The number of nitrogens with one attached hydrogen (secondary N) is 1. The van der Waals surface area contributed by atoms with Crippen molar-refractivity contribution in [3.05, 3.63) is 70.0 Å². The zero-order valence-corrected chi connectivity index (χ0v) is 20.0. The molecule has 8 nitrogen and oxygen atoms in total. The highest BCUT2D eigenvalue weighted by molar-refractivity contribution is 7.89. The molecular weight excluding hydrogens is 452 g/mol. The van der Waals surface area contributed by atoms with E-state index in [4.69, 9.17) is 4.74 Å². The van der Waals surface area contributed by atoms with Crippen LogP contribution in [0.5, 0.6) is 5.75 Å². The molecule has 0 saturated carbocycles. The molecule has 1 N–H and O–H groups in total. The molecule has 2 heterocycles. The number of para-hydroxylation sites is 1. The number of fused-ring (bicyclic) bond motifs is 1. The molecule has 0 spiro atoms. The molecule has 0 atom stereocenters. The quantitative estimate of drug-likeness (QED) is 0.603. The maximum Gasteiger partial charge on any atom is 0.267 e. The molecule has 0 amide bonds. The Kier molecular flexibility index (Phi) is 6.14. The summed E-state index contributed by atoms with van der Waals surface area (Å²) in [5.74, 6) is 0.299. The first-order valence-corrected chi connectivity index (χ1v) is 13.0. The van der Waals surface area contributed by atoms with Gasteiger partial charge >= 0.3 is 0 Å². The second-order valence-corrected chi connectivity index (χ2v) is 10.6. The average molecular weight is 481 g/mol. The van der Waals surface area contributed by atoms with Crippen molar-refractivity contribution in [3.63, 3.8) is 0 Å². The summed E-state index contributed by atoms with van der Waals surface area (Å²) in [7, 11) is -2.31. The van der Waals surface area contributed by atoms with E-state index in [2.05, 4.69) is 15.1 Å². The van der Waals surface area contributed by atoms with E-state index in [0.29, 0.717) is 49.6 Å². The van der Waals surface area contributed by atoms with E-state index >= 15 is 0 Å². The van der Waals surface area contributed by atoms with E-state index in [1.54, 1.807) is 18.2 Å². The number of sulfonamides is 1. The number of H-pyrrole nitrogens is 1. The Bertz CT molecular complexity index is 1350. The predicted molar refractivity (Wildman–Crippen MR) is 131 cm³/mol. The number of hydrogen-bond donors (Lipinski definition) is 1. The van der Waals surface area contributed by atoms with E-state index in [9.17, 15) is 13.2 Å². The fourth-order valence-corrected chi connectivity index (χ4v) is 6.49. The largest absolute Gasteiger partial charge is 0.495 e. The van der Waals surface area contributed by atoms with Gasteiger partial charge in [0.15, 0.2) is 0 Å². The van der Waals surface area contributed by atoms with Crippen LogP contribution in [0, 0.1) is 0 Å². The summed E-state index contributed by atoms with van der Waals surface area (Å²) in [6.45, 7) is 1.99. The zero-order valence-electron chi connectivity index (χ0n) is 19.2. The number of anilines is 1. The average Bonchev–Trinajstić information content (AvgIpc) is 2.89. The number of rotatable bonds is 5. The second-order valence-electron chi connectivity index (χ2n) is 8.66. The van der Waals surface area contributed by atoms with Crippen LogP contribution in [0.15, 0.2) is 58.2 Å². The van der Waals surface area contributed by atoms with Gasteiger partial charge in [-0.3, -0.25) is 4.79 Å². The van der Waals surface area contributed by atoms with Crippen LogP contribution in [0.4, 0.5) is 5.69 Å². The van der Waals surface area contributed by atoms with Crippen molar-refractivity contribution in [2.45, 2.75) is 30.6 Å². The SMILES string of the molecule is COc1ccc(-c2n[nH]c(=O)c3c2CCCC3)cc1S(=O)(=O)N1CCN(c2ccccc2)CC1. The monoisotopic (exact) mass is 480 g/mol. The minimum Gasteiger partial charge on any atom is -0.495 e. The molecule has 0 bridgehead atoms. The summed E-state index contributed by atoms with van der Waals surface area (Å²) < 4.78 is 34.3. The lowest BCUT2D eigenvalue weighted by atomic mass is 9.90. The summed E-state index contributed by atoms with van der Waals surface area (Å²) >= 11 is 0. The Morgan fingerprint density at radius 2 is 1.65 bits per heavy atom. The topological polar surface area (TPSA) is 95.6 Å². The van der Waals surface area contributed by atoms with Crippen LogP contribution in [0.25, 0.3) is 11.3 Å². The predicted octanol–water partition coefficient (Wildman–Crippen LogP) is 2.84. The van der Waals surface area contributed by atoms with Gasteiger partial charge in [-0.2, -0.15) is 9.40 Å². The molecule has 2 aliphatic rings. The number of piperazine rings is 1. The zero-order chi connectivity index (χ0) is 23.7. The lowest BCUT2D eigenvalue weighted by molar-refractivity contribution is 0.374. The summed E-state index contributed by atoms with van der Waals surface area (Å²) in [6.07, 6.45) is 3.43. The molecular formula is C25H28N4O4S. The van der Waals surface area contributed by atoms with Crippen molar-refractivity contribution in [3.8, 4) is 17.0 Å². The minimum atomic E-state index is -3.79. The number of ether oxygens (including phenoxy) is 1. The third-order valence-corrected chi connectivity index (χ3v) is 8.63. The molecule has 1 fully saturated rings. The molecule has 1 saturated heterocycles. The van der Waals surface area contributed by atoms with Gasteiger partial charge in [0.05, 0.1) is 12.8 Å². The lowest BCUT2D eigenvalue weighted by Gasteiger charge is -2.35. The fourth-order valence-electron chi connectivity index (χ4n) is 4.89. The molecule has 3 aromatic rings. The number of aromatic nitrogens is 2. The fraction of sp³-hybridized carbons (Fsp3) is 0.360. The number of nitrogens with zero attached hydrogens (tertiary/aromatic N) is 3. The third-order valence-electron chi connectivity index (χ3n) is 6.71. The number of hydrogen-bond acceptors (Lipinski definition) is 6. The van der Waals surface area contributed by atoms with Crippen molar-refractivity contribution in [1.82, 2.24) is 14.5 Å². The highest BCUT2D eigenvalue weighted by Gasteiger charge is 2.32. The van der Waals surface area contributed by atoms with Crippen LogP contribution in [0.3, 0.4) is 0 Å². The third kappa shape index (κ3) is 4.10. The molecule has 1 aliphatic heterocycles. The van der Waals surface area contributed by atoms with Crippen molar-refractivity contribution in [2.24, 2.45) is 0 Å². The first kappa shape index (κ1) is 22.6. The van der Waals surface area contributed by atoms with Crippen LogP contribution in [0.1, 0.15) is 24.0 Å². The van der Waals surface area contributed by atoms with Gasteiger partial charge in [-0.1, -0.05) is 18.2 Å². The van der Waals surface area contributed by atoms with E-state index < -0.39 is 10.0 Å². The van der Waals surface area contributed by atoms with E-state index in [1.165, 1.54) is 11.4 Å². The van der Waals surface area contributed by atoms with Crippen LogP contribution in [-0.2, 0) is 22.9 Å². The van der Waals surface area contributed by atoms with Crippen LogP contribution in [0.2, 0.25) is 0 Å². The molecule has 0 unspecified atom stereocenters. The van der Waals surface area contributed by atoms with Gasteiger partial charge in [0.1, 0.15) is 10.6 Å². The van der Waals surface area contributed by atoms with Crippen molar-refractivity contribution >= 4 is 15.7 Å². The standard InChI is InChI=1S/C25H28N4O4S/c1-33-22-12-11-18(24-20-9-5-6-10-21(20)25(30)27-26-24)17-23(22)34(31,32)29-15-13-28(14-16-29)19-7-3-2-4-8-19/h2-4,7-8,11-12,17H,5-6,9-10,13-16H2,1H3,(H,27,30). The Labute approximate surface area is 199 Å². The van der Waals surface area contributed by atoms with Gasteiger partial charge in [-0.15, -0.1) is 0 Å². The molecule has 2 aromatic carbocycles. The van der Waals surface area contributed by atoms with Crippen molar-refractivity contribution in [2.75, 3.05) is 38.2 Å². The molecule has 5 rings (SSSR count). The van der Waals surface area contributed by atoms with Gasteiger partial charge in [-0.25, -0.2) is 13.5 Å². The highest BCUT2D eigenvalue weighted by Crippen LogP contribution is 2.34. The Hall–Kier alpha value is -3.17. The summed E-state index contributed by atoms with van der Waals surface area (Å²) in [5, 5.41) is 6.90.